The molecule has 6 rings (SSSR count). The van der Waals surface area contributed by atoms with Crippen molar-refractivity contribution in [3.8, 4) is 0 Å². The number of ether oxygens (including phenoxy) is 3. The molecule has 0 aromatic carbocycles. The van der Waals surface area contributed by atoms with Crippen LogP contribution in [-0.4, -0.2) is 62.9 Å². The van der Waals surface area contributed by atoms with Gasteiger partial charge in [0.1, 0.15) is 5.60 Å². The average Bonchev–Trinajstić information content (AvgIpc) is 3.31. The summed E-state index contributed by atoms with van der Waals surface area (Å²) >= 11 is 0.946. The topological polar surface area (TPSA) is 102 Å². The molecule has 8 heteroatoms. The lowest BCUT2D eigenvalue weighted by Crippen LogP contribution is -2.59. The lowest BCUT2D eigenvalue weighted by atomic mass is 9.46. The highest BCUT2D eigenvalue weighted by atomic mass is 32.2. The van der Waals surface area contributed by atoms with Crippen molar-refractivity contribution in [2.75, 3.05) is 6.26 Å². The monoisotopic (exact) mass is 574 g/mol. The van der Waals surface area contributed by atoms with E-state index in [1.807, 2.05) is 20.8 Å². The van der Waals surface area contributed by atoms with Crippen molar-refractivity contribution in [1.29, 1.82) is 0 Å². The first kappa shape index (κ1) is 29.1. The van der Waals surface area contributed by atoms with Crippen LogP contribution in [0.15, 0.2) is 23.8 Å². The molecule has 222 valence electrons. The van der Waals surface area contributed by atoms with E-state index in [0.717, 1.165) is 43.0 Å². The molecule has 0 radical (unpaired) electrons. The lowest BCUT2D eigenvalue weighted by Gasteiger charge is -2.59. The van der Waals surface area contributed by atoms with Crippen molar-refractivity contribution in [2.45, 2.75) is 116 Å². The highest BCUT2D eigenvalue weighted by Gasteiger charge is 2.70. The number of ketones is 1. The minimum atomic E-state index is -1.81. The minimum absolute atomic E-state index is 0.0296. The molecule has 3 saturated carbocycles. The molecule has 0 spiro atoms. The van der Waals surface area contributed by atoms with Crippen LogP contribution in [0.1, 0.15) is 80.1 Å². The number of carbonyl (C=O) groups excluding carboxylic acids is 2. The molecule has 0 unspecified atom stereocenters. The smallest absolute Gasteiger partial charge is 0.320 e. The van der Waals surface area contributed by atoms with Gasteiger partial charge in [-0.2, -0.15) is 0 Å². The number of hydrogen-bond donors (Lipinski definition) is 2. The summed E-state index contributed by atoms with van der Waals surface area (Å²) in [5.74, 6) is -0.389. The lowest BCUT2D eigenvalue weighted by molar-refractivity contribution is -0.417. The molecule has 5 fully saturated rings. The van der Waals surface area contributed by atoms with E-state index >= 15 is 0 Å². The van der Waals surface area contributed by atoms with Crippen LogP contribution in [0, 0.1) is 40.4 Å². The van der Waals surface area contributed by atoms with E-state index in [4.69, 9.17) is 14.2 Å². The van der Waals surface area contributed by atoms with Crippen molar-refractivity contribution in [3.63, 3.8) is 0 Å². The molecule has 12 atom stereocenters. The Morgan fingerprint density at radius 3 is 2.52 bits per heavy atom. The largest absolute Gasteiger partial charge is 0.392 e. The van der Waals surface area contributed by atoms with Crippen LogP contribution in [0.4, 0.5) is 0 Å². The first-order valence-corrected chi connectivity index (χ1v) is 16.3. The van der Waals surface area contributed by atoms with Gasteiger partial charge in [0.15, 0.2) is 5.78 Å². The van der Waals surface area contributed by atoms with E-state index in [1.54, 1.807) is 18.4 Å². The van der Waals surface area contributed by atoms with Crippen molar-refractivity contribution in [3.05, 3.63) is 23.8 Å². The molecular formula is C32H46O7S. The number of fused-ring (bicyclic) bond motifs is 7. The number of aliphatic hydroxyl groups is 2. The molecular weight excluding hydrogens is 528 g/mol. The third-order valence-electron chi connectivity index (χ3n) is 12.6. The molecule has 0 aromatic rings. The third-order valence-corrected chi connectivity index (χ3v) is 13.2. The Morgan fingerprint density at radius 2 is 1.82 bits per heavy atom. The summed E-state index contributed by atoms with van der Waals surface area (Å²) < 4.78 is 19.1. The summed E-state index contributed by atoms with van der Waals surface area (Å²) in [6.45, 7) is 12.8. The Hall–Kier alpha value is -1.03. The van der Waals surface area contributed by atoms with Crippen LogP contribution in [0.25, 0.3) is 0 Å². The van der Waals surface area contributed by atoms with Gasteiger partial charge in [0.05, 0.1) is 17.8 Å². The summed E-state index contributed by atoms with van der Waals surface area (Å²) in [5.41, 5.74) is -0.515. The SMILES string of the molecule is CSC(=O)[C@H](O)[C@@]12O[C@@H]([C@@H](C)[C@H]3CC[C@H]4[C@@H]5[C@H](O)CC6=CC(=O)C=C[C@]6(C)[C@H]5CC[C@]34C)C[C@@](C)(O1)C(C)(C)O2. The Kier molecular flexibility index (Phi) is 6.71. The summed E-state index contributed by atoms with van der Waals surface area (Å²) in [7, 11) is 0. The molecule has 2 bridgehead atoms. The van der Waals surface area contributed by atoms with Crippen molar-refractivity contribution >= 4 is 22.7 Å². The highest BCUT2D eigenvalue weighted by molar-refractivity contribution is 8.13. The number of hydrogen-bond acceptors (Lipinski definition) is 8. The zero-order chi connectivity index (χ0) is 29.0. The zero-order valence-electron chi connectivity index (χ0n) is 24.9. The van der Waals surface area contributed by atoms with E-state index in [0.29, 0.717) is 30.6 Å². The number of allylic oxidation sites excluding steroid dienone is 3. The number of carbonyl (C=O) groups is 2. The maximum absolute atomic E-state index is 12.6. The van der Waals surface area contributed by atoms with E-state index in [-0.39, 0.29) is 34.6 Å². The van der Waals surface area contributed by atoms with Crippen LogP contribution in [0.3, 0.4) is 0 Å². The van der Waals surface area contributed by atoms with E-state index in [2.05, 4.69) is 26.8 Å². The first-order valence-electron chi connectivity index (χ1n) is 15.1. The summed E-state index contributed by atoms with van der Waals surface area (Å²) in [6, 6.07) is 0. The van der Waals surface area contributed by atoms with Crippen molar-refractivity contribution < 1.29 is 34.0 Å². The maximum atomic E-state index is 12.6. The van der Waals surface area contributed by atoms with E-state index < -0.39 is 34.5 Å². The molecule has 2 aliphatic heterocycles. The quantitative estimate of drug-likeness (QED) is 0.494. The Balaban J connectivity index is 1.28. The number of aliphatic hydroxyl groups excluding tert-OH is 2. The van der Waals surface area contributed by atoms with Crippen LogP contribution >= 0.6 is 11.8 Å². The van der Waals surface area contributed by atoms with Gasteiger partial charge in [-0.25, -0.2) is 0 Å². The van der Waals surface area contributed by atoms with Crippen LogP contribution < -0.4 is 0 Å². The Bertz CT molecular complexity index is 1160. The molecule has 6 aliphatic rings. The van der Waals surface area contributed by atoms with Crippen LogP contribution in [0.2, 0.25) is 0 Å². The van der Waals surface area contributed by atoms with Crippen molar-refractivity contribution in [2.24, 2.45) is 40.4 Å². The fourth-order valence-electron chi connectivity index (χ4n) is 9.95. The second-order valence-corrected chi connectivity index (χ2v) is 15.5. The average molecular weight is 575 g/mol. The summed E-state index contributed by atoms with van der Waals surface area (Å²) in [4.78, 5) is 24.8. The van der Waals surface area contributed by atoms with Gasteiger partial charge >= 0.3 is 5.97 Å². The number of rotatable bonds is 4. The normalized spacial score (nSPS) is 50.4. The number of thioether (sulfide) groups is 1. The van der Waals surface area contributed by atoms with Gasteiger partial charge in [-0.05, 0) is 106 Å². The summed E-state index contributed by atoms with van der Waals surface area (Å²) in [6.07, 6.45) is 10.4. The van der Waals surface area contributed by atoms with Crippen LogP contribution in [0.5, 0.6) is 0 Å². The Morgan fingerprint density at radius 1 is 1.10 bits per heavy atom. The predicted molar refractivity (Wildman–Crippen MR) is 152 cm³/mol. The highest BCUT2D eigenvalue weighted by Crippen LogP contribution is 2.68. The maximum Gasteiger partial charge on any atom is 0.320 e. The molecule has 0 aromatic heterocycles. The van der Waals surface area contributed by atoms with Gasteiger partial charge in [0, 0.05) is 11.8 Å². The molecule has 2 N–H and O–H groups in total. The van der Waals surface area contributed by atoms with Gasteiger partial charge in [0.2, 0.25) is 11.2 Å². The summed E-state index contributed by atoms with van der Waals surface area (Å²) in [5, 5.41) is 22.1. The van der Waals surface area contributed by atoms with Gasteiger partial charge in [-0.3, -0.25) is 9.59 Å². The molecule has 40 heavy (non-hydrogen) atoms. The van der Waals surface area contributed by atoms with Crippen molar-refractivity contribution in [1.82, 2.24) is 0 Å². The van der Waals surface area contributed by atoms with Gasteiger partial charge < -0.3 is 24.4 Å². The second kappa shape index (κ2) is 9.23. The fraction of sp³-hybridized carbons (Fsp3) is 0.812. The zero-order valence-corrected chi connectivity index (χ0v) is 25.8. The Labute approximate surface area is 242 Å². The third kappa shape index (κ3) is 3.88. The standard InChI is InChI=1S/C32H46O7S/c1-17(24-16-31(6)28(2,3)38-32(37-24,39-31)26(35)27(36)40-7)20-8-9-21-25-22(11-13-30(20,21)5)29(4)12-10-19(33)14-18(29)15-23(25)34/h10,12,14,17,20-26,34-35H,8-9,11,13,15-16H2,1-7H3/t17-,20+,21-,22-,23+,24+,25-,26-,29-,30+,31+,32-/m0/s1. The van der Waals surface area contributed by atoms with E-state index in [9.17, 15) is 19.8 Å². The van der Waals surface area contributed by atoms with Crippen LogP contribution in [-0.2, 0) is 23.8 Å². The molecule has 4 aliphatic carbocycles. The second-order valence-electron chi connectivity index (χ2n) is 14.7. The molecule has 7 nitrogen and oxygen atoms in total. The van der Waals surface area contributed by atoms with Gasteiger partial charge in [-0.1, -0.05) is 44.2 Å². The molecule has 0 amide bonds. The van der Waals surface area contributed by atoms with Gasteiger partial charge in [0.25, 0.3) is 0 Å². The van der Waals surface area contributed by atoms with E-state index in [1.165, 1.54) is 0 Å². The predicted octanol–water partition coefficient (Wildman–Crippen LogP) is 4.79. The van der Waals surface area contributed by atoms with Gasteiger partial charge in [-0.15, -0.1) is 0 Å². The first-order chi connectivity index (χ1) is 18.6. The molecule has 2 saturated heterocycles. The minimum Gasteiger partial charge on any atom is -0.392 e. The fourth-order valence-corrected chi connectivity index (χ4v) is 10.3. The molecule has 2 heterocycles.